The Morgan fingerprint density at radius 1 is 1.29 bits per heavy atom. The number of aliphatic hydroxyl groups excluding tert-OH is 1. The van der Waals surface area contributed by atoms with Crippen LogP contribution in [0.1, 0.15) is 43.2 Å². The minimum Gasteiger partial charge on any atom is -0.384 e. The summed E-state index contributed by atoms with van der Waals surface area (Å²) >= 11 is 0. The average molecular weight is 285 g/mol. The molecule has 1 amide bonds. The molecule has 3 nitrogen and oxygen atoms in total. The molecule has 1 fully saturated rings. The quantitative estimate of drug-likeness (QED) is 0.867. The van der Waals surface area contributed by atoms with Crippen molar-refractivity contribution in [3.8, 4) is 11.8 Å². The van der Waals surface area contributed by atoms with Gasteiger partial charge in [0.1, 0.15) is 6.61 Å². The number of nitrogens with zero attached hydrogens (tertiary/aromatic N) is 1. The van der Waals surface area contributed by atoms with Gasteiger partial charge in [0.25, 0.3) is 0 Å². The maximum atomic E-state index is 12.5. The van der Waals surface area contributed by atoms with Crippen LogP contribution < -0.4 is 0 Å². The van der Waals surface area contributed by atoms with Crippen molar-refractivity contribution < 1.29 is 9.90 Å². The SMILES string of the molecule is CN(Cc1ccccc1C#CCO)C(=O)C1CCCCC1. The fraction of sp³-hybridized carbons (Fsp3) is 0.500. The van der Waals surface area contributed by atoms with Crippen molar-refractivity contribution in [2.75, 3.05) is 13.7 Å². The molecule has 1 aromatic rings. The van der Waals surface area contributed by atoms with Crippen LogP contribution in [-0.2, 0) is 11.3 Å². The summed E-state index contributed by atoms with van der Waals surface area (Å²) in [5, 5.41) is 8.82. The third-order valence-corrected chi connectivity index (χ3v) is 4.06. The van der Waals surface area contributed by atoms with Gasteiger partial charge < -0.3 is 10.0 Å². The van der Waals surface area contributed by atoms with Crippen LogP contribution in [0.2, 0.25) is 0 Å². The molecule has 0 atom stereocenters. The Bertz CT molecular complexity index is 536. The number of hydrogen-bond acceptors (Lipinski definition) is 2. The first-order valence-corrected chi connectivity index (χ1v) is 7.65. The minimum absolute atomic E-state index is 0.148. The maximum absolute atomic E-state index is 12.5. The second kappa shape index (κ2) is 7.85. The molecule has 0 radical (unpaired) electrons. The standard InChI is InChI=1S/C18H23NO2/c1-19(18(21)16-9-3-2-4-10-16)14-17-11-6-5-8-15(17)12-7-13-20/h5-6,8,11,16,20H,2-4,9-10,13-14H2,1H3. The highest BCUT2D eigenvalue weighted by Gasteiger charge is 2.24. The highest BCUT2D eigenvalue weighted by Crippen LogP contribution is 2.25. The van der Waals surface area contributed by atoms with Gasteiger partial charge in [0.2, 0.25) is 5.91 Å². The molecule has 0 bridgehead atoms. The Labute approximate surface area is 127 Å². The fourth-order valence-electron chi connectivity index (χ4n) is 2.91. The molecule has 0 saturated heterocycles. The van der Waals surface area contributed by atoms with Gasteiger partial charge in [-0.3, -0.25) is 4.79 Å². The van der Waals surface area contributed by atoms with Crippen molar-refractivity contribution in [2.45, 2.75) is 38.6 Å². The van der Waals surface area contributed by atoms with Crippen LogP contribution in [0.25, 0.3) is 0 Å². The zero-order chi connectivity index (χ0) is 15.1. The summed E-state index contributed by atoms with van der Waals surface area (Å²) in [6.07, 6.45) is 5.64. The molecule has 21 heavy (non-hydrogen) atoms. The summed E-state index contributed by atoms with van der Waals surface area (Å²) in [4.78, 5) is 14.3. The van der Waals surface area contributed by atoms with Gasteiger partial charge in [0, 0.05) is 25.1 Å². The molecule has 3 heteroatoms. The van der Waals surface area contributed by atoms with Gasteiger partial charge in [-0.25, -0.2) is 0 Å². The van der Waals surface area contributed by atoms with Crippen molar-refractivity contribution in [3.63, 3.8) is 0 Å². The highest BCUT2D eigenvalue weighted by atomic mass is 16.2. The normalized spacial score (nSPS) is 15.1. The van der Waals surface area contributed by atoms with Crippen LogP contribution in [0.5, 0.6) is 0 Å². The lowest BCUT2D eigenvalue weighted by Gasteiger charge is -2.26. The number of rotatable bonds is 3. The van der Waals surface area contributed by atoms with Gasteiger partial charge in [-0.1, -0.05) is 49.3 Å². The number of aliphatic hydroxyl groups is 1. The largest absolute Gasteiger partial charge is 0.384 e. The Kier molecular flexibility index (Phi) is 5.83. The van der Waals surface area contributed by atoms with Crippen LogP contribution >= 0.6 is 0 Å². The summed E-state index contributed by atoms with van der Waals surface area (Å²) in [5.41, 5.74) is 1.92. The van der Waals surface area contributed by atoms with Crippen molar-refractivity contribution in [1.29, 1.82) is 0 Å². The van der Waals surface area contributed by atoms with E-state index >= 15 is 0 Å². The summed E-state index contributed by atoms with van der Waals surface area (Å²) < 4.78 is 0. The molecule has 1 aliphatic rings. The van der Waals surface area contributed by atoms with Gasteiger partial charge in [-0.15, -0.1) is 0 Å². The molecule has 0 spiro atoms. The molecule has 1 saturated carbocycles. The lowest BCUT2D eigenvalue weighted by molar-refractivity contribution is -0.135. The zero-order valence-corrected chi connectivity index (χ0v) is 12.6. The second-order valence-corrected chi connectivity index (χ2v) is 5.65. The number of carbonyl (C=O) groups excluding carboxylic acids is 1. The fourth-order valence-corrected chi connectivity index (χ4v) is 2.91. The first-order valence-electron chi connectivity index (χ1n) is 7.65. The topological polar surface area (TPSA) is 40.5 Å². The van der Waals surface area contributed by atoms with E-state index in [1.54, 1.807) is 0 Å². The Balaban J connectivity index is 2.05. The summed E-state index contributed by atoms with van der Waals surface area (Å²) in [7, 11) is 1.87. The van der Waals surface area contributed by atoms with Gasteiger partial charge in [0.05, 0.1) is 0 Å². The average Bonchev–Trinajstić information content (AvgIpc) is 2.54. The van der Waals surface area contributed by atoms with Crippen LogP contribution in [0.3, 0.4) is 0 Å². The molecule has 1 aliphatic carbocycles. The lowest BCUT2D eigenvalue weighted by atomic mass is 9.88. The van der Waals surface area contributed by atoms with E-state index in [0.717, 1.165) is 24.0 Å². The monoisotopic (exact) mass is 285 g/mol. The molecule has 1 aromatic carbocycles. The van der Waals surface area contributed by atoms with E-state index < -0.39 is 0 Å². The minimum atomic E-state index is -0.148. The van der Waals surface area contributed by atoms with Gasteiger partial charge in [-0.05, 0) is 24.5 Å². The number of amides is 1. The molecule has 1 N–H and O–H groups in total. The third-order valence-electron chi connectivity index (χ3n) is 4.06. The van der Waals surface area contributed by atoms with E-state index in [9.17, 15) is 4.79 Å². The molecule has 0 unspecified atom stereocenters. The molecule has 2 rings (SSSR count). The Hall–Kier alpha value is -1.79. The zero-order valence-electron chi connectivity index (χ0n) is 12.6. The summed E-state index contributed by atoms with van der Waals surface area (Å²) in [6.45, 7) is 0.427. The van der Waals surface area contributed by atoms with Crippen LogP contribution in [0, 0.1) is 17.8 Å². The van der Waals surface area contributed by atoms with Crippen LogP contribution in [0.4, 0.5) is 0 Å². The predicted molar refractivity (Wildman–Crippen MR) is 83.5 cm³/mol. The molecule has 0 aliphatic heterocycles. The molecule has 0 heterocycles. The first-order chi connectivity index (χ1) is 10.2. The number of hydrogen-bond donors (Lipinski definition) is 1. The number of carbonyl (C=O) groups is 1. The van der Waals surface area contributed by atoms with E-state index in [0.29, 0.717) is 6.54 Å². The van der Waals surface area contributed by atoms with Crippen molar-refractivity contribution in [2.24, 2.45) is 5.92 Å². The van der Waals surface area contributed by atoms with Gasteiger partial charge >= 0.3 is 0 Å². The van der Waals surface area contributed by atoms with E-state index in [-0.39, 0.29) is 18.4 Å². The van der Waals surface area contributed by atoms with E-state index in [1.165, 1.54) is 19.3 Å². The Morgan fingerprint density at radius 2 is 2.00 bits per heavy atom. The van der Waals surface area contributed by atoms with E-state index in [2.05, 4.69) is 11.8 Å². The highest BCUT2D eigenvalue weighted by molar-refractivity contribution is 5.78. The van der Waals surface area contributed by atoms with Gasteiger partial charge in [0.15, 0.2) is 0 Å². The molecule has 112 valence electrons. The molecular formula is C18H23NO2. The smallest absolute Gasteiger partial charge is 0.225 e. The van der Waals surface area contributed by atoms with E-state index in [4.69, 9.17) is 5.11 Å². The second-order valence-electron chi connectivity index (χ2n) is 5.65. The maximum Gasteiger partial charge on any atom is 0.225 e. The van der Waals surface area contributed by atoms with Crippen molar-refractivity contribution in [1.82, 2.24) is 4.90 Å². The summed E-state index contributed by atoms with van der Waals surface area (Å²) in [6, 6.07) is 7.80. The Morgan fingerprint density at radius 3 is 2.71 bits per heavy atom. The third kappa shape index (κ3) is 4.34. The van der Waals surface area contributed by atoms with Crippen molar-refractivity contribution >= 4 is 5.91 Å². The molecular weight excluding hydrogens is 262 g/mol. The van der Waals surface area contributed by atoms with Crippen molar-refractivity contribution in [3.05, 3.63) is 35.4 Å². The van der Waals surface area contributed by atoms with Crippen LogP contribution in [0.15, 0.2) is 24.3 Å². The lowest BCUT2D eigenvalue weighted by Crippen LogP contribution is -2.33. The molecule has 0 aromatic heterocycles. The van der Waals surface area contributed by atoms with Crippen LogP contribution in [-0.4, -0.2) is 29.6 Å². The first kappa shape index (κ1) is 15.6. The predicted octanol–water partition coefficient (Wildman–Crippen LogP) is 2.57. The number of benzene rings is 1. The summed E-state index contributed by atoms with van der Waals surface area (Å²) in [5.74, 6) is 6.07. The van der Waals surface area contributed by atoms with Gasteiger partial charge in [-0.2, -0.15) is 0 Å². The van der Waals surface area contributed by atoms with E-state index in [1.807, 2.05) is 36.2 Å².